The number of fused-ring (bicyclic) bond motifs is 3. The second-order valence-electron chi connectivity index (χ2n) is 6.60. The first kappa shape index (κ1) is 13.3. The highest BCUT2D eigenvalue weighted by Gasteiger charge is 2.55. The van der Waals surface area contributed by atoms with Gasteiger partial charge in [-0.15, -0.1) is 0 Å². The number of carbonyl (C=O) groups excluding carboxylic acids is 1. The monoisotopic (exact) mass is 286 g/mol. The van der Waals surface area contributed by atoms with Crippen LogP contribution in [-0.2, 0) is 16.1 Å². The average molecular weight is 286 g/mol. The Morgan fingerprint density at radius 2 is 2.05 bits per heavy atom. The zero-order valence-electron chi connectivity index (χ0n) is 12.4. The van der Waals surface area contributed by atoms with Crippen molar-refractivity contribution >= 4 is 5.97 Å². The number of nitrogens with zero attached hydrogens (tertiary/aromatic N) is 2. The van der Waals surface area contributed by atoms with Crippen LogP contribution in [0.5, 0.6) is 0 Å². The SMILES string of the molecule is COC(=O)[C@@H]1CN2[C@H](C[C@@H]3C[C@@H]32)CN1Cc1ccccc1. The van der Waals surface area contributed by atoms with E-state index in [9.17, 15) is 4.79 Å². The maximum atomic E-state index is 12.2. The first-order chi connectivity index (χ1) is 10.3. The molecule has 21 heavy (non-hydrogen) atoms. The number of carbonyl (C=O) groups is 1. The topological polar surface area (TPSA) is 32.8 Å². The lowest BCUT2D eigenvalue weighted by Gasteiger charge is -2.43. The molecule has 2 heterocycles. The molecule has 2 aliphatic heterocycles. The molecule has 0 aromatic heterocycles. The van der Waals surface area contributed by atoms with Crippen molar-refractivity contribution < 1.29 is 9.53 Å². The van der Waals surface area contributed by atoms with E-state index in [4.69, 9.17) is 4.74 Å². The zero-order valence-corrected chi connectivity index (χ0v) is 12.4. The number of ether oxygens (including phenoxy) is 1. The van der Waals surface area contributed by atoms with Crippen molar-refractivity contribution in [3.05, 3.63) is 35.9 Å². The van der Waals surface area contributed by atoms with Gasteiger partial charge in [0.2, 0.25) is 0 Å². The summed E-state index contributed by atoms with van der Waals surface area (Å²) in [5.41, 5.74) is 1.27. The van der Waals surface area contributed by atoms with Gasteiger partial charge in [-0.05, 0) is 24.3 Å². The van der Waals surface area contributed by atoms with Crippen molar-refractivity contribution in [3.8, 4) is 0 Å². The van der Waals surface area contributed by atoms with E-state index in [0.29, 0.717) is 6.04 Å². The van der Waals surface area contributed by atoms with Crippen LogP contribution in [0.25, 0.3) is 0 Å². The molecule has 1 aromatic rings. The molecule has 3 fully saturated rings. The second-order valence-corrected chi connectivity index (χ2v) is 6.60. The predicted octanol–water partition coefficient (Wildman–Crippen LogP) is 1.51. The molecule has 4 nitrogen and oxygen atoms in total. The third-order valence-electron chi connectivity index (χ3n) is 5.33. The van der Waals surface area contributed by atoms with Gasteiger partial charge in [-0.25, -0.2) is 0 Å². The fourth-order valence-corrected chi connectivity index (χ4v) is 4.18. The molecule has 1 saturated carbocycles. The Kier molecular flexibility index (Phi) is 3.23. The minimum absolute atomic E-state index is 0.0894. The van der Waals surface area contributed by atoms with E-state index in [1.54, 1.807) is 0 Å². The summed E-state index contributed by atoms with van der Waals surface area (Å²) in [7, 11) is 1.50. The lowest BCUT2D eigenvalue weighted by molar-refractivity contribution is -0.151. The Labute approximate surface area is 125 Å². The van der Waals surface area contributed by atoms with Crippen LogP contribution in [-0.4, -0.2) is 54.1 Å². The molecule has 0 unspecified atom stereocenters. The van der Waals surface area contributed by atoms with E-state index < -0.39 is 0 Å². The van der Waals surface area contributed by atoms with Crippen molar-refractivity contribution in [2.45, 2.75) is 37.5 Å². The summed E-state index contributed by atoms with van der Waals surface area (Å²) in [4.78, 5) is 17.1. The number of rotatable bonds is 3. The number of hydrogen-bond acceptors (Lipinski definition) is 4. The Bertz CT molecular complexity index is 533. The maximum absolute atomic E-state index is 12.2. The fraction of sp³-hybridized carbons (Fsp3) is 0.588. The first-order valence-corrected chi connectivity index (χ1v) is 7.88. The molecule has 4 atom stereocenters. The number of piperazine rings is 1. The molecule has 0 spiro atoms. The van der Waals surface area contributed by atoms with Gasteiger partial charge < -0.3 is 4.74 Å². The molecular formula is C17H22N2O2. The summed E-state index contributed by atoms with van der Waals surface area (Å²) in [5.74, 6) is 0.804. The maximum Gasteiger partial charge on any atom is 0.324 e. The highest BCUT2D eigenvalue weighted by atomic mass is 16.5. The van der Waals surface area contributed by atoms with Gasteiger partial charge in [0.05, 0.1) is 7.11 Å². The number of benzene rings is 1. The van der Waals surface area contributed by atoms with Gasteiger partial charge in [-0.3, -0.25) is 14.6 Å². The van der Waals surface area contributed by atoms with E-state index >= 15 is 0 Å². The summed E-state index contributed by atoms with van der Waals surface area (Å²) >= 11 is 0. The van der Waals surface area contributed by atoms with Gasteiger partial charge in [0.25, 0.3) is 0 Å². The van der Waals surface area contributed by atoms with E-state index in [-0.39, 0.29) is 12.0 Å². The molecule has 0 bridgehead atoms. The van der Waals surface area contributed by atoms with Crippen LogP contribution in [0.1, 0.15) is 18.4 Å². The third kappa shape index (κ3) is 2.36. The summed E-state index contributed by atoms with van der Waals surface area (Å²) in [6.07, 6.45) is 2.65. The van der Waals surface area contributed by atoms with E-state index in [0.717, 1.165) is 31.6 Å². The Hall–Kier alpha value is -1.39. The molecule has 112 valence electrons. The minimum Gasteiger partial charge on any atom is -0.468 e. The summed E-state index contributed by atoms with van der Waals surface area (Å²) in [5, 5.41) is 0. The molecule has 3 aliphatic rings. The average Bonchev–Trinajstić information content (AvgIpc) is 3.19. The number of methoxy groups -OCH3 is 1. The van der Waals surface area contributed by atoms with Crippen LogP contribution in [0.4, 0.5) is 0 Å². The molecule has 0 radical (unpaired) electrons. The highest BCUT2D eigenvalue weighted by molar-refractivity contribution is 5.76. The number of esters is 1. The normalized spacial score (nSPS) is 35.1. The van der Waals surface area contributed by atoms with Crippen molar-refractivity contribution in [1.82, 2.24) is 9.80 Å². The Balaban J connectivity index is 1.53. The molecule has 0 N–H and O–H groups in total. The summed E-state index contributed by atoms with van der Waals surface area (Å²) in [6.45, 7) is 2.66. The standard InChI is InChI=1S/C17H22N2O2/c1-21-17(20)16-11-19-14(7-13-8-15(13)19)10-18(16)9-12-5-3-2-4-6-12/h2-6,13-16H,7-11H2,1H3/t13-,14-,15+,16+/m1/s1. The van der Waals surface area contributed by atoms with Gasteiger partial charge >= 0.3 is 5.97 Å². The minimum atomic E-state index is -0.120. The molecule has 0 amide bonds. The van der Waals surface area contributed by atoms with Gasteiger partial charge in [-0.2, -0.15) is 0 Å². The predicted molar refractivity (Wildman–Crippen MR) is 79.7 cm³/mol. The largest absolute Gasteiger partial charge is 0.468 e. The molecule has 1 aromatic carbocycles. The molecule has 4 rings (SSSR count). The Morgan fingerprint density at radius 1 is 1.24 bits per heavy atom. The number of hydrogen-bond donors (Lipinski definition) is 0. The van der Waals surface area contributed by atoms with Gasteiger partial charge in [0.15, 0.2) is 0 Å². The molecule has 2 saturated heterocycles. The molecule has 4 heteroatoms. The van der Waals surface area contributed by atoms with E-state index in [1.165, 1.54) is 25.5 Å². The fourth-order valence-electron chi connectivity index (χ4n) is 4.18. The van der Waals surface area contributed by atoms with Crippen LogP contribution in [0.3, 0.4) is 0 Å². The zero-order chi connectivity index (χ0) is 14.4. The van der Waals surface area contributed by atoms with Gasteiger partial charge in [0, 0.05) is 31.7 Å². The lowest BCUT2D eigenvalue weighted by Crippen LogP contribution is -2.59. The summed E-state index contributed by atoms with van der Waals surface area (Å²) < 4.78 is 5.05. The van der Waals surface area contributed by atoms with Crippen LogP contribution >= 0.6 is 0 Å². The van der Waals surface area contributed by atoms with Crippen LogP contribution in [0, 0.1) is 5.92 Å². The highest BCUT2D eigenvalue weighted by Crippen LogP contribution is 2.49. The Morgan fingerprint density at radius 3 is 2.81 bits per heavy atom. The van der Waals surface area contributed by atoms with Gasteiger partial charge in [0.1, 0.15) is 6.04 Å². The van der Waals surface area contributed by atoms with Crippen molar-refractivity contribution in [2.24, 2.45) is 5.92 Å². The smallest absolute Gasteiger partial charge is 0.324 e. The van der Waals surface area contributed by atoms with Crippen LogP contribution in [0.2, 0.25) is 0 Å². The summed E-state index contributed by atoms with van der Waals surface area (Å²) in [6, 6.07) is 11.7. The first-order valence-electron chi connectivity index (χ1n) is 7.88. The lowest BCUT2D eigenvalue weighted by atomic mass is 10.0. The third-order valence-corrected chi connectivity index (χ3v) is 5.33. The van der Waals surface area contributed by atoms with Crippen molar-refractivity contribution in [3.63, 3.8) is 0 Å². The molecular weight excluding hydrogens is 264 g/mol. The second kappa shape index (κ2) is 5.11. The van der Waals surface area contributed by atoms with Gasteiger partial charge in [-0.1, -0.05) is 30.3 Å². The number of piperidine rings is 1. The van der Waals surface area contributed by atoms with Crippen LogP contribution < -0.4 is 0 Å². The van der Waals surface area contributed by atoms with E-state index in [2.05, 4.69) is 34.1 Å². The van der Waals surface area contributed by atoms with E-state index in [1.807, 2.05) is 6.07 Å². The van der Waals surface area contributed by atoms with Crippen LogP contribution in [0.15, 0.2) is 30.3 Å². The molecule has 1 aliphatic carbocycles. The van der Waals surface area contributed by atoms with Crippen molar-refractivity contribution in [2.75, 3.05) is 20.2 Å². The quantitative estimate of drug-likeness (QED) is 0.789. The van der Waals surface area contributed by atoms with Crippen molar-refractivity contribution in [1.29, 1.82) is 0 Å².